The van der Waals surface area contributed by atoms with E-state index in [2.05, 4.69) is 5.32 Å². The summed E-state index contributed by atoms with van der Waals surface area (Å²) < 4.78 is 12.8. The van der Waals surface area contributed by atoms with E-state index in [9.17, 15) is 9.50 Å². The zero-order chi connectivity index (χ0) is 11.5. The van der Waals surface area contributed by atoms with Gasteiger partial charge >= 0.3 is 0 Å². The van der Waals surface area contributed by atoms with Crippen LogP contribution in [0.15, 0.2) is 24.3 Å². The lowest BCUT2D eigenvalue weighted by molar-refractivity contribution is 0.184. The Bertz CT molecular complexity index is 332. The molecule has 3 heteroatoms. The van der Waals surface area contributed by atoms with Gasteiger partial charge in [-0.3, -0.25) is 0 Å². The van der Waals surface area contributed by atoms with Crippen LogP contribution >= 0.6 is 0 Å². The number of aliphatic hydroxyl groups is 1. The van der Waals surface area contributed by atoms with Crippen molar-refractivity contribution in [2.24, 2.45) is 5.92 Å². The van der Waals surface area contributed by atoms with Gasteiger partial charge in [-0.05, 0) is 43.4 Å². The normalized spacial score (nSPS) is 19.4. The maximum atomic E-state index is 12.8. The minimum Gasteiger partial charge on any atom is -0.392 e. The molecular formula is C13H18FNO. The molecule has 2 nitrogen and oxygen atoms in total. The van der Waals surface area contributed by atoms with Crippen molar-refractivity contribution in [3.63, 3.8) is 0 Å². The first-order valence-electron chi connectivity index (χ1n) is 5.83. The Kier molecular flexibility index (Phi) is 3.56. The highest BCUT2D eigenvalue weighted by molar-refractivity contribution is 5.22. The monoisotopic (exact) mass is 223 g/mol. The Morgan fingerprint density at radius 2 is 2.00 bits per heavy atom. The zero-order valence-electron chi connectivity index (χ0n) is 9.49. The molecule has 88 valence electrons. The largest absolute Gasteiger partial charge is 0.392 e. The fourth-order valence-electron chi connectivity index (χ4n) is 1.95. The molecule has 16 heavy (non-hydrogen) atoms. The van der Waals surface area contributed by atoms with E-state index in [-0.39, 0.29) is 18.0 Å². The number of halogens is 1. The molecule has 0 spiro atoms. The molecule has 2 rings (SSSR count). The molecule has 2 atom stereocenters. The van der Waals surface area contributed by atoms with Gasteiger partial charge in [0.2, 0.25) is 0 Å². The average Bonchev–Trinajstić information content (AvgIpc) is 3.04. The van der Waals surface area contributed by atoms with Crippen molar-refractivity contribution >= 4 is 0 Å². The standard InChI is InChI=1S/C13H18FNO/c1-9(16)8-15-13(10-2-3-10)11-4-6-12(14)7-5-11/h4-7,9-10,13,15-16H,2-3,8H2,1H3. The van der Waals surface area contributed by atoms with Gasteiger partial charge in [-0.25, -0.2) is 4.39 Å². The second-order valence-corrected chi connectivity index (χ2v) is 4.62. The molecule has 0 aromatic heterocycles. The zero-order valence-corrected chi connectivity index (χ0v) is 9.49. The number of rotatable bonds is 5. The minimum atomic E-state index is -0.346. The smallest absolute Gasteiger partial charge is 0.123 e. The number of aliphatic hydroxyl groups excluding tert-OH is 1. The highest BCUT2D eigenvalue weighted by Gasteiger charge is 2.31. The van der Waals surface area contributed by atoms with Crippen molar-refractivity contribution in [3.8, 4) is 0 Å². The Balaban J connectivity index is 2.03. The molecule has 1 aliphatic carbocycles. The van der Waals surface area contributed by atoms with Crippen LogP contribution in [0.1, 0.15) is 31.4 Å². The van der Waals surface area contributed by atoms with Crippen molar-refractivity contribution in [3.05, 3.63) is 35.6 Å². The topological polar surface area (TPSA) is 32.3 Å². The van der Waals surface area contributed by atoms with Crippen LogP contribution in [0, 0.1) is 11.7 Å². The molecule has 1 aliphatic rings. The van der Waals surface area contributed by atoms with Crippen molar-refractivity contribution in [1.29, 1.82) is 0 Å². The Hall–Kier alpha value is -0.930. The van der Waals surface area contributed by atoms with Crippen molar-refractivity contribution in [2.45, 2.75) is 31.9 Å². The molecule has 0 amide bonds. The van der Waals surface area contributed by atoms with Gasteiger partial charge in [0, 0.05) is 12.6 Å². The highest BCUT2D eigenvalue weighted by atomic mass is 19.1. The van der Waals surface area contributed by atoms with E-state index >= 15 is 0 Å². The van der Waals surface area contributed by atoms with E-state index in [0.717, 1.165) is 5.56 Å². The summed E-state index contributed by atoms with van der Waals surface area (Å²) >= 11 is 0. The maximum Gasteiger partial charge on any atom is 0.123 e. The lowest BCUT2D eigenvalue weighted by Crippen LogP contribution is -2.30. The van der Waals surface area contributed by atoms with Gasteiger partial charge in [0.05, 0.1) is 6.10 Å². The summed E-state index contributed by atoms with van der Waals surface area (Å²) in [6.07, 6.45) is 2.09. The van der Waals surface area contributed by atoms with Gasteiger partial charge in [0.15, 0.2) is 0 Å². The van der Waals surface area contributed by atoms with Crippen LogP contribution in [0.4, 0.5) is 4.39 Å². The van der Waals surface area contributed by atoms with E-state index in [1.807, 2.05) is 12.1 Å². The van der Waals surface area contributed by atoms with Crippen LogP contribution < -0.4 is 5.32 Å². The molecule has 0 bridgehead atoms. The molecule has 1 aromatic rings. The first-order valence-corrected chi connectivity index (χ1v) is 5.83. The van der Waals surface area contributed by atoms with Crippen LogP contribution in [0.25, 0.3) is 0 Å². The molecule has 0 heterocycles. The van der Waals surface area contributed by atoms with Gasteiger partial charge in [-0.1, -0.05) is 12.1 Å². The predicted octanol–water partition coefficient (Wildman–Crippen LogP) is 2.25. The first kappa shape index (κ1) is 11.6. The van der Waals surface area contributed by atoms with E-state index in [1.165, 1.54) is 25.0 Å². The van der Waals surface area contributed by atoms with Gasteiger partial charge in [-0.2, -0.15) is 0 Å². The minimum absolute atomic E-state index is 0.200. The number of hydrogen-bond acceptors (Lipinski definition) is 2. The summed E-state index contributed by atoms with van der Waals surface area (Å²) in [7, 11) is 0. The molecule has 2 N–H and O–H groups in total. The maximum absolute atomic E-state index is 12.8. The quantitative estimate of drug-likeness (QED) is 0.802. The number of benzene rings is 1. The van der Waals surface area contributed by atoms with Crippen molar-refractivity contribution in [1.82, 2.24) is 5.32 Å². The summed E-state index contributed by atoms with van der Waals surface area (Å²) in [5, 5.41) is 12.6. The Labute approximate surface area is 95.5 Å². The summed E-state index contributed by atoms with van der Waals surface area (Å²) in [6, 6.07) is 6.90. The lowest BCUT2D eigenvalue weighted by atomic mass is 10.0. The van der Waals surface area contributed by atoms with Crippen LogP contribution in [-0.4, -0.2) is 17.8 Å². The summed E-state index contributed by atoms with van der Waals surface area (Å²) in [4.78, 5) is 0. The van der Waals surface area contributed by atoms with Crippen LogP contribution in [0.5, 0.6) is 0 Å². The van der Waals surface area contributed by atoms with Crippen LogP contribution in [0.3, 0.4) is 0 Å². The molecular weight excluding hydrogens is 205 g/mol. The van der Waals surface area contributed by atoms with E-state index < -0.39 is 0 Å². The van der Waals surface area contributed by atoms with E-state index in [1.54, 1.807) is 6.92 Å². The second-order valence-electron chi connectivity index (χ2n) is 4.62. The second kappa shape index (κ2) is 4.93. The fourth-order valence-corrected chi connectivity index (χ4v) is 1.95. The molecule has 1 aromatic carbocycles. The molecule has 0 saturated heterocycles. The predicted molar refractivity (Wildman–Crippen MR) is 61.5 cm³/mol. The van der Waals surface area contributed by atoms with Crippen LogP contribution in [0.2, 0.25) is 0 Å². The molecule has 1 saturated carbocycles. The molecule has 0 radical (unpaired) electrons. The number of hydrogen-bond donors (Lipinski definition) is 2. The Morgan fingerprint density at radius 1 is 1.38 bits per heavy atom. The van der Waals surface area contributed by atoms with Crippen molar-refractivity contribution < 1.29 is 9.50 Å². The van der Waals surface area contributed by atoms with Gasteiger partial charge in [0.25, 0.3) is 0 Å². The summed E-state index contributed by atoms with van der Waals surface area (Å²) in [5.74, 6) is 0.443. The van der Waals surface area contributed by atoms with Crippen molar-refractivity contribution in [2.75, 3.05) is 6.54 Å². The summed E-state index contributed by atoms with van der Waals surface area (Å²) in [5.41, 5.74) is 1.12. The third-order valence-corrected chi connectivity index (χ3v) is 2.96. The van der Waals surface area contributed by atoms with Gasteiger partial charge in [-0.15, -0.1) is 0 Å². The molecule has 2 unspecified atom stereocenters. The third-order valence-electron chi connectivity index (χ3n) is 2.96. The molecule has 1 fully saturated rings. The van der Waals surface area contributed by atoms with E-state index in [0.29, 0.717) is 12.5 Å². The lowest BCUT2D eigenvalue weighted by Gasteiger charge is -2.19. The van der Waals surface area contributed by atoms with Crippen LogP contribution in [-0.2, 0) is 0 Å². The average molecular weight is 223 g/mol. The third kappa shape index (κ3) is 3.03. The number of nitrogens with one attached hydrogen (secondary N) is 1. The van der Waals surface area contributed by atoms with Gasteiger partial charge < -0.3 is 10.4 Å². The fraction of sp³-hybridized carbons (Fsp3) is 0.538. The highest BCUT2D eigenvalue weighted by Crippen LogP contribution is 2.40. The first-order chi connectivity index (χ1) is 7.66. The van der Waals surface area contributed by atoms with E-state index in [4.69, 9.17) is 0 Å². The van der Waals surface area contributed by atoms with Gasteiger partial charge in [0.1, 0.15) is 5.82 Å². The Morgan fingerprint density at radius 3 is 2.50 bits per heavy atom. The SMILES string of the molecule is CC(O)CNC(c1ccc(F)cc1)C1CC1. The summed E-state index contributed by atoms with van der Waals surface area (Å²) in [6.45, 7) is 2.35. The molecule has 0 aliphatic heterocycles.